The molecule has 1 heterocycles. The second-order valence-electron chi connectivity index (χ2n) is 6.73. The number of hydrogen-bond acceptors (Lipinski definition) is 4. The molecule has 1 aliphatic heterocycles. The molecular formula is C22H26N2O4. The summed E-state index contributed by atoms with van der Waals surface area (Å²) in [5.41, 5.74) is 2.14. The molecule has 0 aromatic heterocycles. The highest BCUT2D eigenvalue weighted by molar-refractivity contribution is 6.04. The van der Waals surface area contributed by atoms with Crippen LogP contribution in [0.4, 0.5) is 5.69 Å². The number of likely N-dealkylation sites (N-methyl/N-ethyl adjacent to an activating group) is 1. The smallest absolute Gasteiger partial charge is 0.254 e. The Morgan fingerprint density at radius 3 is 2.29 bits per heavy atom. The molecule has 6 heteroatoms. The first-order chi connectivity index (χ1) is 13.5. The van der Waals surface area contributed by atoms with Crippen molar-refractivity contribution >= 4 is 17.5 Å². The van der Waals surface area contributed by atoms with Gasteiger partial charge in [0.15, 0.2) is 0 Å². The van der Waals surface area contributed by atoms with E-state index < -0.39 is 6.04 Å². The molecular weight excluding hydrogens is 356 g/mol. The van der Waals surface area contributed by atoms with Gasteiger partial charge in [0, 0.05) is 29.9 Å². The van der Waals surface area contributed by atoms with E-state index in [1.54, 1.807) is 36.2 Å². The number of nitrogens with zero attached hydrogens (tertiary/aromatic N) is 2. The van der Waals surface area contributed by atoms with Gasteiger partial charge in [-0.1, -0.05) is 18.2 Å². The Morgan fingerprint density at radius 2 is 1.75 bits per heavy atom. The van der Waals surface area contributed by atoms with E-state index in [0.717, 1.165) is 11.3 Å². The number of benzene rings is 2. The molecule has 28 heavy (non-hydrogen) atoms. The van der Waals surface area contributed by atoms with Gasteiger partial charge in [-0.25, -0.2) is 0 Å². The number of hydrogen-bond donors (Lipinski definition) is 0. The topological polar surface area (TPSA) is 59.1 Å². The average molecular weight is 382 g/mol. The van der Waals surface area contributed by atoms with Crippen LogP contribution >= 0.6 is 0 Å². The molecule has 0 aliphatic carbocycles. The molecule has 1 fully saturated rings. The second-order valence-corrected chi connectivity index (χ2v) is 6.73. The maximum atomic E-state index is 13.2. The Morgan fingerprint density at radius 1 is 1.14 bits per heavy atom. The van der Waals surface area contributed by atoms with Crippen molar-refractivity contribution in [2.75, 3.05) is 32.2 Å². The maximum absolute atomic E-state index is 13.2. The minimum atomic E-state index is -0.476. The summed E-state index contributed by atoms with van der Waals surface area (Å²) >= 11 is 0. The van der Waals surface area contributed by atoms with Gasteiger partial charge in [-0.15, -0.1) is 0 Å². The molecule has 0 saturated carbocycles. The fourth-order valence-corrected chi connectivity index (χ4v) is 3.70. The van der Waals surface area contributed by atoms with Gasteiger partial charge in [0.2, 0.25) is 5.91 Å². The SMILES string of the molecule is CCN(C(=O)c1cc(OC)c(C)c(OC)c1)C1CCN(c2ccccc2)C1=O. The zero-order chi connectivity index (χ0) is 20.3. The fourth-order valence-electron chi connectivity index (χ4n) is 3.70. The normalized spacial score (nSPS) is 16.2. The summed E-state index contributed by atoms with van der Waals surface area (Å²) in [4.78, 5) is 29.6. The molecule has 0 bridgehead atoms. The number of carbonyl (C=O) groups is 2. The van der Waals surface area contributed by atoms with E-state index in [0.29, 0.717) is 36.6 Å². The van der Waals surface area contributed by atoms with Crippen molar-refractivity contribution in [2.45, 2.75) is 26.3 Å². The van der Waals surface area contributed by atoms with Gasteiger partial charge in [0.1, 0.15) is 17.5 Å². The molecule has 1 aliphatic rings. The predicted molar refractivity (Wildman–Crippen MR) is 108 cm³/mol. The van der Waals surface area contributed by atoms with Crippen LogP contribution in [0.5, 0.6) is 11.5 Å². The Kier molecular flexibility index (Phi) is 5.87. The van der Waals surface area contributed by atoms with E-state index in [2.05, 4.69) is 0 Å². The third kappa shape index (κ3) is 3.54. The number of methoxy groups -OCH3 is 2. The first kappa shape index (κ1) is 19.7. The van der Waals surface area contributed by atoms with Crippen LogP contribution in [0.15, 0.2) is 42.5 Å². The number of anilines is 1. The zero-order valence-corrected chi connectivity index (χ0v) is 16.8. The lowest BCUT2D eigenvalue weighted by molar-refractivity contribution is -0.120. The summed E-state index contributed by atoms with van der Waals surface area (Å²) in [6, 6.07) is 12.5. The van der Waals surface area contributed by atoms with Crippen molar-refractivity contribution in [2.24, 2.45) is 0 Å². The van der Waals surface area contributed by atoms with Crippen LogP contribution in [-0.4, -0.2) is 50.1 Å². The summed E-state index contributed by atoms with van der Waals surface area (Å²) in [6.45, 7) is 4.80. The predicted octanol–water partition coefficient (Wildman–Crippen LogP) is 3.28. The Bertz CT molecular complexity index is 841. The number of ether oxygens (including phenoxy) is 2. The maximum Gasteiger partial charge on any atom is 0.254 e. The molecule has 2 aromatic carbocycles. The lowest BCUT2D eigenvalue weighted by Gasteiger charge is -2.27. The van der Waals surface area contributed by atoms with Crippen LogP contribution in [0, 0.1) is 6.92 Å². The zero-order valence-electron chi connectivity index (χ0n) is 16.8. The van der Waals surface area contributed by atoms with Gasteiger partial charge in [0.05, 0.1) is 14.2 Å². The van der Waals surface area contributed by atoms with Crippen molar-refractivity contribution in [3.8, 4) is 11.5 Å². The fraction of sp³-hybridized carbons (Fsp3) is 0.364. The number of rotatable bonds is 6. The van der Waals surface area contributed by atoms with Crippen LogP contribution in [0.25, 0.3) is 0 Å². The van der Waals surface area contributed by atoms with Gasteiger partial charge >= 0.3 is 0 Å². The van der Waals surface area contributed by atoms with E-state index in [1.165, 1.54) is 0 Å². The molecule has 3 rings (SSSR count). The highest BCUT2D eigenvalue weighted by Crippen LogP contribution is 2.31. The Balaban J connectivity index is 1.88. The minimum Gasteiger partial charge on any atom is -0.496 e. The van der Waals surface area contributed by atoms with Gasteiger partial charge in [-0.2, -0.15) is 0 Å². The van der Waals surface area contributed by atoms with Gasteiger partial charge < -0.3 is 19.3 Å². The molecule has 2 aromatic rings. The van der Waals surface area contributed by atoms with Crippen LogP contribution in [0.3, 0.4) is 0 Å². The highest BCUT2D eigenvalue weighted by Gasteiger charge is 2.38. The Labute approximate surface area is 165 Å². The van der Waals surface area contributed by atoms with Crippen LogP contribution in [-0.2, 0) is 4.79 Å². The monoisotopic (exact) mass is 382 g/mol. The average Bonchev–Trinajstić information content (AvgIpc) is 3.10. The van der Waals surface area contributed by atoms with Gasteiger partial charge in [0.25, 0.3) is 5.91 Å². The van der Waals surface area contributed by atoms with Gasteiger partial charge in [-0.3, -0.25) is 9.59 Å². The number of carbonyl (C=O) groups excluding carboxylic acids is 2. The summed E-state index contributed by atoms with van der Waals surface area (Å²) in [6.07, 6.45) is 0.605. The largest absolute Gasteiger partial charge is 0.496 e. The van der Waals surface area contributed by atoms with Crippen LogP contribution in [0.2, 0.25) is 0 Å². The van der Waals surface area contributed by atoms with Crippen molar-refractivity contribution in [1.82, 2.24) is 4.90 Å². The van der Waals surface area contributed by atoms with Crippen LogP contribution in [0.1, 0.15) is 29.3 Å². The van der Waals surface area contributed by atoms with Crippen molar-refractivity contribution in [1.29, 1.82) is 0 Å². The Hall–Kier alpha value is -3.02. The first-order valence-corrected chi connectivity index (χ1v) is 9.41. The summed E-state index contributed by atoms with van der Waals surface area (Å²) in [7, 11) is 3.12. The molecule has 0 radical (unpaired) electrons. The quantitative estimate of drug-likeness (QED) is 0.769. The van der Waals surface area contributed by atoms with Crippen molar-refractivity contribution in [3.05, 3.63) is 53.6 Å². The van der Waals surface area contributed by atoms with E-state index in [-0.39, 0.29) is 11.8 Å². The van der Waals surface area contributed by atoms with E-state index in [4.69, 9.17) is 9.47 Å². The lowest BCUT2D eigenvalue weighted by atomic mass is 10.1. The van der Waals surface area contributed by atoms with Crippen molar-refractivity contribution in [3.63, 3.8) is 0 Å². The van der Waals surface area contributed by atoms with Crippen molar-refractivity contribution < 1.29 is 19.1 Å². The van der Waals surface area contributed by atoms with E-state index in [1.807, 2.05) is 44.2 Å². The summed E-state index contributed by atoms with van der Waals surface area (Å²) in [5, 5.41) is 0. The molecule has 2 amide bonds. The molecule has 1 unspecified atom stereocenters. The molecule has 0 spiro atoms. The molecule has 1 atom stereocenters. The summed E-state index contributed by atoms with van der Waals surface area (Å²) in [5.74, 6) is 0.921. The molecule has 6 nitrogen and oxygen atoms in total. The first-order valence-electron chi connectivity index (χ1n) is 9.41. The van der Waals surface area contributed by atoms with E-state index in [9.17, 15) is 9.59 Å². The third-order valence-electron chi connectivity index (χ3n) is 5.22. The molecule has 1 saturated heterocycles. The standard InChI is InChI=1S/C22H26N2O4/c1-5-23(18-11-12-24(22(18)26)17-9-7-6-8-10-17)21(25)16-13-19(27-3)15(2)20(14-16)28-4/h6-10,13-14,18H,5,11-12H2,1-4H3. The minimum absolute atomic E-state index is 0.0487. The summed E-state index contributed by atoms with van der Waals surface area (Å²) < 4.78 is 10.8. The number of para-hydroxylation sites is 1. The lowest BCUT2D eigenvalue weighted by Crippen LogP contribution is -2.45. The highest BCUT2D eigenvalue weighted by atomic mass is 16.5. The molecule has 148 valence electrons. The van der Waals surface area contributed by atoms with Crippen LogP contribution < -0.4 is 14.4 Å². The number of amides is 2. The van der Waals surface area contributed by atoms with E-state index >= 15 is 0 Å². The third-order valence-corrected chi connectivity index (χ3v) is 5.22. The van der Waals surface area contributed by atoms with Gasteiger partial charge in [-0.05, 0) is 44.5 Å². The second kappa shape index (κ2) is 8.33. The molecule has 0 N–H and O–H groups in total.